The highest BCUT2D eigenvalue weighted by molar-refractivity contribution is 7.07. The lowest BCUT2D eigenvalue weighted by molar-refractivity contribution is -0.384. The van der Waals surface area contributed by atoms with Crippen LogP contribution in [0.15, 0.2) is 86.1 Å². The number of methoxy groups -OCH3 is 1. The van der Waals surface area contributed by atoms with Gasteiger partial charge in [0, 0.05) is 23.8 Å². The summed E-state index contributed by atoms with van der Waals surface area (Å²) in [7, 11) is 1.56. The van der Waals surface area contributed by atoms with Gasteiger partial charge in [-0.3, -0.25) is 19.5 Å². The predicted octanol–water partition coefficient (Wildman–Crippen LogP) is 3.98. The SMILES string of the molecule is CCOC(=O)C1=C(C)N=c2s/c(=C\c3ccc(-c4cccc([N+](=O)[O-])c4)o3)c(=O)n2[C@@H]1c1ccc(OC)cc1. The number of aromatic nitrogens is 1. The topological polar surface area (TPSA) is 126 Å². The van der Waals surface area contributed by atoms with Gasteiger partial charge in [-0.2, -0.15) is 0 Å². The third-order valence-electron chi connectivity index (χ3n) is 6.19. The average molecular weight is 546 g/mol. The van der Waals surface area contributed by atoms with Gasteiger partial charge >= 0.3 is 5.97 Å². The van der Waals surface area contributed by atoms with Crippen LogP contribution < -0.4 is 19.6 Å². The number of furan rings is 1. The molecule has 0 N–H and O–H groups in total. The van der Waals surface area contributed by atoms with Crippen molar-refractivity contribution in [1.29, 1.82) is 0 Å². The average Bonchev–Trinajstić information content (AvgIpc) is 3.52. The van der Waals surface area contributed by atoms with Gasteiger partial charge in [0.1, 0.15) is 17.3 Å². The molecule has 4 aromatic rings. The maximum absolute atomic E-state index is 13.7. The quantitative estimate of drug-likeness (QED) is 0.195. The number of ether oxygens (including phenoxy) is 2. The highest BCUT2D eigenvalue weighted by Gasteiger charge is 2.33. The number of esters is 1. The standard InChI is InChI=1S/C28H23N3O7S/c1-4-37-27(33)24-16(2)29-28-30(25(24)17-8-10-20(36-3)11-9-17)26(32)23(39-28)15-21-12-13-22(38-21)18-6-5-7-19(14-18)31(34)35/h5-15,25H,4H2,1-3H3/b23-15-/t25-/m1/s1. The number of nitrogens with zero attached hydrogens (tertiary/aromatic N) is 3. The van der Waals surface area contributed by atoms with Gasteiger partial charge in [0.25, 0.3) is 11.2 Å². The van der Waals surface area contributed by atoms with E-state index in [0.29, 0.717) is 43.4 Å². The summed E-state index contributed by atoms with van der Waals surface area (Å²) < 4.78 is 18.3. The lowest BCUT2D eigenvalue weighted by Crippen LogP contribution is -2.39. The third-order valence-corrected chi connectivity index (χ3v) is 7.17. The van der Waals surface area contributed by atoms with Crippen molar-refractivity contribution >= 4 is 29.1 Å². The fourth-order valence-electron chi connectivity index (χ4n) is 4.38. The van der Waals surface area contributed by atoms with Gasteiger partial charge in [-0.15, -0.1) is 0 Å². The molecule has 0 aliphatic carbocycles. The molecular formula is C28H23N3O7S. The number of non-ortho nitro benzene ring substituents is 1. The largest absolute Gasteiger partial charge is 0.497 e. The predicted molar refractivity (Wildman–Crippen MR) is 144 cm³/mol. The van der Waals surface area contributed by atoms with E-state index >= 15 is 0 Å². The van der Waals surface area contributed by atoms with Crippen LogP contribution >= 0.6 is 11.3 Å². The highest BCUT2D eigenvalue weighted by atomic mass is 32.1. The van der Waals surface area contributed by atoms with E-state index < -0.39 is 16.9 Å². The Balaban J connectivity index is 1.61. The Labute approximate surface area is 225 Å². The lowest BCUT2D eigenvalue weighted by Gasteiger charge is -2.24. The molecule has 1 atom stereocenters. The summed E-state index contributed by atoms with van der Waals surface area (Å²) in [5, 5.41) is 11.1. The first-order chi connectivity index (χ1) is 18.8. The van der Waals surface area contributed by atoms with E-state index in [1.54, 1.807) is 75.6 Å². The Morgan fingerprint density at radius 3 is 2.67 bits per heavy atom. The Kier molecular flexibility index (Phi) is 6.99. The molecule has 2 aromatic heterocycles. The number of rotatable bonds is 7. The fourth-order valence-corrected chi connectivity index (χ4v) is 5.41. The van der Waals surface area contributed by atoms with Crippen molar-refractivity contribution in [3.63, 3.8) is 0 Å². The molecule has 2 aromatic carbocycles. The minimum Gasteiger partial charge on any atom is -0.497 e. The summed E-state index contributed by atoms with van der Waals surface area (Å²) in [6.07, 6.45) is 1.60. The minimum absolute atomic E-state index is 0.0509. The van der Waals surface area contributed by atoms with E-state index in [4.69, 9.17) is 13.9 Å². The normalized spacial score (nSPS) is 15.1. The Hall–Kier alpha value is -4.77. The molecule has 0 unspecified atom stereocenters. The van der Waals surface area contributed by atoms with E-state index in [-0.39, 0.29) is 23.4 Å². The van der Waals surface area contributed by atoms with Gasteiger partial charge in [0.2, 0.25) is 0 Å². The molecule has 198 valence electrons. The first-order valence-corrected chi connectivity index (χ1v) is 12.8. The zero-order chi connectivity index (χ0) is 27.7. The van der Waals surface area contributed by atoms with Crippen LogP contribution in [0.4, 0.5) is 5.69 Å². The van der Waals surface area contributed by atoms with Crippen molar-refractivity contribution in [2.24, 2.45) is 4.99 Å². The summed E-state index contributed by atoms with van der Waals surface area (Å²) in [6.45, 7) is 3.62. The van der Waals surface area contributed by atoms with Crippen molar-refractivity contribution in [3.8, 4) is 17.1 Å². The number of nitro groups is 1. The number of allylic oxidation sites excluding steroid dienone is 1. The van der Waals surface area contributed by atoms with Crippen LogP contribution in [-0.4, -0.2) is 29.2 Å². The van der Waals surface area contributed by atoms with Crippen LogP contribution in [0.25, 0.3) is 17.4 Å². The van der Waals surface area contributed by atoms with Crippen molar-refractivity contribution in [2.45, 2.75) is 19.9 Å². The molecule has 3 heterocycles. The molecule has 10 nitrogen and oxygen atoms in total. The van der Waals surface area contributed by atoms with Gasteiger partial charge < -0.3 is 13.9 Å². The fraction of sp³-hybridized carbons (Fsp3) is 0.179. The van der Waals surface area contributed by atoms with Gasteiger partial charge in [-0.25, -0.2) is 9.79 Å². The molecule has 0 fully saturated rings. The lowest BCUT2D eigenvalue weighted by atomic mass is 9.96. The Morgan fingerprint density at radius 1 is 1.21 bits per heavy atom. The Morgan fingerprint density at radius 2 is 1.97 bits per heavy atom. The number of carbonyl (C=O) groups is 1. The second-order valence-corrected chi connectivity index (χ2v) is 9.59. The molecule has 0 bridgehead atoms. The second-order valence-electron chi connectivity index (χ2n) is 8.58. The summed E-state index contributed by atoms with van der Waals surface area (Å²) in [5.74, 6) is 0.918. The number of thiazole rings is 1. The summed E-state index contributed by atoms with van der Waals surface area (Å²) >= 11 is 1.17. The molecule has 1 aliphatic heterocycles. The molecule has 0 spiro atoms. The van der Waals surface area contributed by atoms with Gasteiger partial charge in [0.05, 0.1) is 40.5 Å². The Bertz CT molecular complexity index is 1800. The maximum atomic E-state index is 13.7. The first kappa shape index (κ1) is 25.9. The third kappa shape index (κ3) is 4.91. The van der Waals surface area contributed by atoms with Crippen LogP contribution in [0.2, 0.25) is 0 Å². The zero-order valence-electron chi connectivity index (χ0n) is 21.2. The monoisotopic (exact) mass is 545 g/mol. The van der Waals surface area contributed by atoms with E-state index in [1.807, 2.05) is 0 Å². The molecule has 5 rings (SSSR count). The number of hydrogen-bond acceptors (Lipinski definition) is 9. The smallest absolute Gasteiger partial charge is 0.338 e. The molecule has 11 heteroatoms. The summed E-state index contributed by atoms with van der Waals surface area (Å²) in [4.78, 5) is 42.4. The summed E-state index contributed by atoms with van der Waals surface area (Å²) in [5.41, 5.74) is 1.60. The maximum Gasteiger partial charge on any atom is 0.338 e. The first-order valence-electron chi connectivity index (χ1n) is 12.0. The molecule has 1 aliphatic rings. The van der Waals surface area contributed by atoms with Crippen molar-refractivity contribution in [1.82, 2.24) is 4.57 Å². The molecule has 0 amide bonds. The van der Waals surface area contributed by atoms with Crippen LogP contribution in [0.5, 0.6) is 5.75 Å². The number of nitro benzene ring substituents is 1. The van der Waals surface area contributed by atoms with Crippen molar-refractivity contribution < 1.29 is 23.6 Å². The van der Waals surface area contributed by atoms with Crippen molar-refractivity contribution in [2.75, 3.05) is 13.7 Å². The van der Waals surface area contributed by atoms with E-state index in [9.17, 15) is 19.7 Å². The molecular weight excluding hydrogens is 522 g/mol. The van der Waals surface area contributed by atoms with Gasteiger partial charge in [-0.05, 0) is 43.7 Å². The van der Waals surface area contributed by atoms with Crippen LogP contribution in [-0.2, 0) is 9.53 Å². The van der Waals surface area contributed by atoms with Crippen LogP contribution in [0, 0.1) is 10.1 Å². The molecule has 0 radical (unpaired) electrons. The number of benzene rings is 2. The van der Waals surface area contributed by atoms with E-state index in [1.165, 1.54) is 28.0 Å². The molecule has 0 saturated carbocycles. The zero-order valence-corrected chi connectivity index (χ0v) is 22.1. The number of hydrogen-bond donors (Lipinski definition) is 0. The van der Waals surface area contributed by atoms with Crippen LogP contribution in [0.1, 0.15) is 31.2 Å². The van der Waals surface area contributed by atoms with Crippen LogP contribution in [0.3, 0.4) is 0 Å². The summed E-state index contributed by atoms with van der Waals surface area (Å²) in [6, 6.07) is 15.9. The van der Waals surface area contributed by atoms with Crippen molar-refractivity contribution in [3.05, 3.63) is 113 Å². The van der Waals surface area contributed by atoms with Gasteiger partial charge in [0.15, 0.2) is 4.80 Å². The van der Waals surface area contributed by atoms with E-state index in [2.05, 4.69) is 4.99 Å². The highest BCUT2D eigenvalue weighted by Crippen LogP contribution is 2.32. The second kappa shape index (κ2) is 10.5. The number of fused-ring (bicyclic) bond motifs is 1. The number of carbonyl (C=O) groups excluding carboxylic acids is 1. The van der Waals surface area contributed by atoms with Gasteiger partial charge in [-0.1, -0.05) is 35.6 Å². The van der Waals surface area contributed by atoms with E-state index in [0.717, 1.165) is 0 Å². The minimum atomic E-state index is -0.745. The molecule has 0 saturated heterocycles. The molecule has 39 heavy (non-hydrogen) atoms.